The molecule has 3 nitrogen and oxygen atoms in total. The number of hydrogen-bond donors (Lipinski definition) is 2. The highest BCUT2D eigenvalue weighted by atomic mass is 32.5. The lowest BCUT2D eigenvalue weighted by molar-refractivity contribution is 0.375. The quantitative estimate of drug-likeness (QED) is 0.701. The third-order valence-electron chi connectivity index (χ3n) is 0.704. The fraction of sp³-hybridized carbons (Fsp3) is 0. The second-order valence-corrected chi connectivity index (χ2v) is 5.01. The van der Waals surface area contributed by atoms with E-state index in [0.29, 0.717) is 5.06 Å². The van der Waals surface area contributed by atoms with Gasteiger partial charge in [-0.25, -0.2) is 0 Å². The summed E-state index contributed by atoms with van der Waals surface area (Å²) in [5.74, 6) is 0. The molecule has 0 atom stereocenters. The summed E-state index contributed by atoms with van der Waals surface area (Å²) in [5, 5.41) is 2.20. The molecule has 1 heterocycles. The lowest BCUT2D eigenvalue weighted by Gasteiger charge is -2.05. The molecule has 0 aliphatic rings. The van der Waals surface area contributed by atoms with Crippen molar-refractivity contribution in [3.8, 4) is 5.06 Å². The summed E-state index contributed by atoms with van der Waals surface area (Å²) in [6, 6.07) is 3.36. The van der Waals surface area contributed by atoms with Gasteiger partial charge in [0.25, 0.3) is 0 Å². The Balaban J connectivity index is 2.66. The van der Waals surface area contributed by atoms with E-state index in [2.05, 4.69) is 16.3 Å². The first-order valence-corrected chi connectivity index (χ1v) is 5.87. The Bertz CT molecular complexity index is 239. The van der Waals surface area contributed by atoms with Gasteiger partial charge in [0.05, 0.1) is 0 Å². The standard InChI is InChI=1S/C4H5O3PS2/c5-8(6,9)7-4-2-1-3-10-4/h1-3H,(H2,5,6,9). The maximum absolute atomic E-state index is 8.66. The summed E-state index contributed by atoms with van der Waals surface area (Å²) in [6.45, 7) is -3.51. The molecule has 1 rings (SSSR count). The predicted molar refractivity (Wildman–Crippen MR) is 43.7 cm³/mol. The van der Waals surface area contributed by atoms with Crippen molar-refractivity contribution >= 4 is 29.9 Å². The van der Waals surface area contributed by atoms with Gasteiger partial charge in [0.1, 0.15) is 0 Å². The van der Waals surface area contributed by atoms with E-state index in [-0.39, 0.29) is 0 Å². The predicted octanol–water partition coefficient (Wildman–Crippen LogP) is 1.34. The minimum atomic E-state index is -3.51. The SMILES string of the molecule is OP(O)(=S)Oc1cccs1. The average Bonchev–Trinajstić information content (AvgIpc) is 2.12. The van der Waals surface area contributed by atoms with Crippen molar-refractivity contribution in [2.75, 3.05) is 0 Å². The summed E-state index contributed by atoms with van der Waals surface area (Å²) in [5.41, 5.74) is 0. The average molecular weight is 196 g/mol. The van der Waals surface area contributed by atoms with Crippen LogP contribution in [0.15, 0.2) is 17.5 Å². The van der Waals surface area contributed by atoms with Gasteiger partial charge in [0, 0.05) is 11.8 Å². The van der Waals surface area contributed by atoms with Gasteiger partial charge in [0.2, 0.25) is 0 Å². The first kappa shape index (κ1) is 8.17. The Labute approximate surface area is 67.2 Å². The monoisotopic (exact) mass is 196 g/mol. The van der Waals surface area contributed by atoms with Crippen LogP contribution in [-0.4, -0.2) is 9.79 Å². The zero-order chi connectivity index (χ0) is 7.61. The molecule has 0 radical (unpaired) electrons. The topological polar surface area (TPSA) is 49.7 Å². The Kier molecular flexibility index (Phi) is 2.44. The van der Waals surface area contributed by atoms with Crippen LogP contribution in [0.1, 0.15) is 0 Å². The largest absolute Gasteiger partial charge is 0.414 e. The minimum absolute atomic E-state index is 0.438. The molecule has 0 unspecified atom stereocenters. The lowest BCUT2D eigenvalue weighted by atomic mass is 10.7. The van der Waals surface area contributed by atoms with Crippen LogP contribution in [0, 0.1) is 0 Å². The Morgan fingerprint density at radius 1 is 1.60 bits per heavy atom. The number of hydrogen-bond acceptors (Lipinski definition) is 3. The van der Waals surface area contributed by atoms with E-state index < -0.39 is 6.72 Å². The van der Waals surface area contributed by atoms with Crippen LogP contribution in [0.5, 0.6) is 5.06 Å². The summed E-state index contributed by atoms with van der Waals surface area (Å²) in [6.07, 6.45) is 0. The van der Waals surface area contributed by atoms with Gasteiger partial charge < -0.3 is 14.3 Å². The maximum atomic E-state index is 8.66. The van der Waals surface area contributed by atoms with E-state index in [1.807, 2.05) is 0 Å². The van der Waals surface area contributed by atoms with Gasteiger partial charge in [-0.15, -0.1) is 11.3 Å². The van der Waals surface area contributed by atoms with Crippen molar-refractivity contribution < 1.29 is 14.3 Å². The molecule has 2 N–H and O–H groups in total. The van der Waals surface area contributed by atoms with Crippen molar-refractivity contribution in [3.63, 3.8) is 0 Å². The summed E-state index contributed by atoms with van der Waals surface area (Å²) in [4.78, 5) is 17.3. The molecule has 0 bridgehead atoms. The van der Waals surface area contributed by atoms with Crippen LogP contribution in [-0.2, 0) is 11.8 Å². The lowest BCUT2D eigenvalue weighted by Crippen LogP contribution is -1.85. The molecule has 0 saturated heterocycles. The van der Waals surface area contributed by atoms with E-state index in [9.17, 15) is 0 Å². The molecule has 0 fully saturated rings. The molecule has 0 aromatic carbocycles. The zero-order valence-electron chi connectivity index (χ0n) is 4.80. The van der Waals surface area contributed by atoms with Crippen molar-refractivity contribution in [1.82, 2.24) is 0 Å². The van der Waals surface area contributed by atoms with E-state index in [4.69, 9.17) is 9.79 Å². The number of thiophene rings is 1. The fourth-order valence-electron chi connectivity index (χ4n) is 0.433. The molecule has 1 aromatic rings. The summed E-state index contributed by atoms with van der Waals surface area (Å²) < 4.78 is 4.60. The molecule has 0 aliphatic carbocycles. The van der Waals surface area contributed by atoms with Crippen LogP contribution < -0.4 is 4.52 Å². The van der Waals surface area contributed by atoms with Gasteiger partial charge in [-0.05, 0) is 17.5 Å². The van der Waals surface area contributed by atoms with Crippen LogP contribution in [0.2, 0.25) is 0 Å². The summed E-state index contributed by atoms with van der Waals surface area (Å²) in [7, 11) is 0. The second kappa shape index (κ2) is 2.98. The van der Waals surface area contributed by atoms with Crippen molar-refractivity contribution in [1.29, 1.82) is 0 Å². The molecule has 56 valence electrons. The van der Waals surface area contributed by atoms with Crippen LogP contribution >= 0.6 is 18.1 Å². The Morgan fingerprint density at radius 2 is 2.30 bits per heavy atom. The van der Waals surface area contributed by atoms with Crippen LogP contribution in [0.4, 0.5) is 0 Å². The fourth-order valence-corrected chi connectivity index (χ4v) is 2.04. The van der Waals surface area contributed by atoms with E-state index in [0.717, 1.165) is 0 Å². The maximum Gasteiger partial charge on any atom is 0.375 e. The third-order valence-corrected chi connectivity index (χ3v) is 2.23. The van der Waals surface area contributed by atoms with Crippen molar-refractivity contribution in [3.05, 3.63) is 17.5 Å². The molecule has 0 spiro atoms. The van der Waals surface area contributed by atoms with Gasteiger partial charge in [-0.3, -0.25) is 0 Å². The van der Waals surface area contributed by atoms with Crippen LogP contribution in [0.25, 0.3) is 0 Å². The highest BCUT2D eigenvalue weighted by Gasteiger charge is 2.09. The molecular weight excluding hydrogens is 191 g/mol. The zero-order valence-corrected chi connectivity index (χ0v) is 7.33. The van der Waals surface area contributed by atoms with Crippen molar-refractivity contribution in [2.24, 2.45) is 0 Å². The van der Waals surface area contributed by atoms with Gasteiger partial charge >= 0.3 is 6.72 Å². The van der Waals surface area contributed by atoms with E-state index >= 15 is 0 Å². The minimum Gasteiger partial charge on any atom is -0.414 e. The molecule has 0 amide bonds. The van der Waals surface area contributed by atoms with Gasteiger partial charge in [-0.2, -0.15) is 0 Å². The Morgan fingerprint density at radius 3 is 2.70 bits per heavy atom. The highest BCUT2D eigenvalue weighted by molar-refractivity contribution is 8.06. The first-order valence-electron chi connectivity index (χ1n) is 2.36. The second-order valence-electron chi connectivity index (χ2n) is 1.51. The van der Waals surface area contributed by atoms with Crippen molar-refractivity contribution in [2.45, 2.75) is 0 Å². The van der Waals surface area contributed by atoms with E-state index in [1.165, 1.54) is 11.3 Å². The molecule has 0 saturated carbocycles. The van der Waals surface area contributed by atoms with Crippen LogP contribution in [0.3, 0.4) is 0 Å². The smallest absolute Gasteiger partial charge is 0.375 e. The Hall–Kier alpha value is 0.0700. The van der Waals surface area contributed by atoms with Gasteiger partial charge in [-0.1, -0.05) is 0 Å². The normalized spacial score (nSPS) is 11.4. The molecule has 1 aromatic heterocycles. The molecular formula is C4H5O3PS2. The van der Waals surface area contributed by atoms with E-state index in [1.54, 1.807) is 17.5 Å². The van der Waals surface area contributed by atoms with Gasteiger partial charge in [0.15, 0.2) is 5.06 Å². The first-order chi connectivity index (χ1) is 4.58. The number of rotatable bonds is 2. The molecule has 0 aliphatic heterocycles. The molecule has 6 heteroatoms. The summed E-state index contributed by atoms with van der Waals surface area (Å²) >= 11 is 5.51. The third kappa shape index (κ3) is 2.77. The highest BCUT2D eigenvalue weighted by Crippen LogP contribution is 2.39. The molecule has 10 heavy (non-hydrogen) atoms.